The summed E-state index contributed by atoms with van der Waals surface area (Å²) in [6.07, 6.45) is -27.4. The zero-order valence-electron chi connectivity index (χ0n) is 38.3. The number of aliphatic hydroxyl groups is 13. The second-order valence-corrected chi connectivity index (χ2v) is 21.2. The highest BCUT2D eigenvalue weighted by molar-refractivity contribution is 5.77. The van der Waals surface area contributed by atoms with Crippen LogP contribution in [0.2, 0.25) is 0 Å². The Labute approximate surface area is 383 Å². The number of hydrogen-bond acceptors (Lipinski definition) is 21. The summed E-state index contributed by atoms with van der Waals surface area (Å²) in [6, 6.07) is 0. The molecule has 4 aliphatic heterocycles. The quantitative estimate of drug-likeness (QED) is 0.0717. The van der Waals surface area contributed by atoms with Crippen molar-refractivity contribution in [3.63, 3.8) is 0 Å². The van der Waals surface area contributed by atoms with E-state index < -0.39 is 170 Å². The highest BCUT2D eigenvalue weighted by Gasteiger charge is 2.67. The van der Waals surface area contributed by atoms with Gasteiger partial charge in [-0.15, -0.1) is 0 Å². The molecule has 0 aromatic rings. The molecule has 0 bridgehead atoms. The van der Waals surface area contributed by atoms with Gasteiger partial charge < -0.3 is 99.5 Å². The lowest BCUT2D eigenvalue weighted by molar-refractivity contribution is -0.377. The van der Waals surface area contributed by atoms with E-state index in [1.54, 1.807) is 0 Å². The van der Waals surface area contributed by atoms with Gasteiger partial charge in [-0.25, -0.2) is 0 Å². The van der Waals surface area contributed by atoms with Gasteiger partial charge in [0.1, 0.15) is 91.6 Å². The van der Waals surface area contributed by atoms with Gasteiger partial charge in [0, 0.05) is 5.41 Å². The maximum atomic E-state index is 14.3. The molecule has 7 fully saturated rings. The van der Waals surface area contributed by atoms with E-state index in [9.17, 15) is 71.2 Å². The molecule has 20 unspecified atom stereocenters. The van der Waals surface area contributed by atoms with Gasteiger partial charge in [-0.1, -0.05) is 32.4 Å². The monoisotopic (exact) mass is 950 g/mol. The molecule has 0 aromatic carbocycles. The normalized spacial score (nSPS) is 54.5. The third kappa shape index (κ3) is 8.72. The predicted octanol–water partition coefficient (Wildman–Crippen LogP) is -3.18. The number of rotatable bonds is 11. The third-order valence-corrected chi connectivity index (χ3v) is 17.2. The molecule has 0 radical (unpaired) electrons. The molecule has 4 heterocycles. The van der Waals surface area contributed by atoms with Crippen molar-refractivity contribution in [3.05, 3.63) is 12.2 Å². The summed E-state index contributed by atoms with van der Waals surface area (Å²) in [4.78, 5) is 14.3. The Morgan fingerprint density at radius 3 is 1.67 bits per heavy atom. The molecular weight excluding hydrogens is 876 g/mol. The van der Waals surface area contributed by atoms with Crippen LogP contribution in [0.1, 0.15) is 86.0 Å². The van der Waals surface area contributed by atoms with Crippen LogP contribution in [0.3, 0.4) is 0 Å². The summed E-state index contributed by atoms with van der Waals surface area (Å²) in [5, 5.41) is 139. The van der Waals surface area contributed by atoms with Gasteiger partial charge in [0.15, 0.2) is 12.6 Å². The molecule has 21 heteroatoms. The highest BCUT2D eigenvalue weighted by Crippen LogP contribution is 2.71. The van der Waals surface area contributed by atoms with Crippen molar-refractivity contribution in [2.45, 2.75) is 209 Å². The molecule has 0 spiro atoms. The zero-order chi connectivity index (χ0) is 48.6. The standard InChI is InChI=1S/C45H74O21/c1-18(2)45(13-9-23-42(4,17-45)12-8-24-43(23,5)10-7-11-44(24,6)41(59)66-40-34(58)31(55)27(51)21(15-47)63-40)37-36(65-38-32(56)29(53)25(49)19(3)60-38)35(28(52)22(16-48)61-37)64-39-33(57)30(54)26(50)20(14-46)62-39/h19-40,46-58H,1,7-17H2,2-6H3/t19?,20?,21?,22?,23-,24+,25?,26?,27?,28?,29?,30?,31?,32?,33?,34?,35?,36?,37?,38?,39?,40?,42+,43+,44-,45+/m1/s1. The van der Waals surface area contributed by atoms with Crippen molar-refractivity contribution >= 4 is 5.97 Å². The lowest BCUT2D eigenvalue weighted by atomic mass is 9.38. The Morgan fingerprint density at radius 1 is 0.591 bits per heavy atom. The predicted molar refractivity (Wildman–Crippen MR) is 223 cm³/mol. The Hall–Kier alpha value is -1.55. The Morgan fingerprint density at radius 2 is 1.09 bits per heavy atom. The molecule has 26 atom stereocenters. The first-order chi connectivity index (χ1) is 30.9. The molecule has 0 aromatic heterocycles. The SMILES string of the molecule is C=C(C)[C@]1(C2OC(CO)C(O)C(OC3OC(CO)C(O)C(O)C3O)C2OC2OC(C)C(O)C(O)C2O)CC[C@@H]2[C@@](C)(CC[C@H]3[C@@]2(C)CCC[C@@]3(C)C(=O)OC2OC(CO)C(O)C(O)C2O)C1. The van der Waals surface area contributed by atoms with Gasteiger partial charge >= 0.3 is 5.97 Å². The van der Waals surface area contributed by atoms with E-state index in [1.165, 1.54) is 6.92 Å². The van der Waals surface area contributed by atoms with Gasteiger partial charge in [0.25, 0.3) is 0 Å². The smallest absolute Gasteiger partial charge is 0.314 e. The van der Waals surface area contributed by atoms with Crippen molar-refractivity contribution in [1.82, 2.24) is 0 Å². The van der Waals surface area contributed by atoms with Crippen LogP contribution in [-0.4, -0.2) is 215 Å². The number of hydrogen-bond donors (Lipinski definition) is 13. The van der Waals surface area contributed by atoms with Crippen LogP contribution in [0, 0.1) is 33.5 Å². The first kappa shape index (κ1) is 52.3. The molecule has 66 heavy (non-hydrogen) atoms. The average molecular weight is 951 g/mol. The fraction of sp³-hybridized carbons (Fsp3) is 0.933. The number of ether oxygens (including phenoxy) is 7. The summed E-state index contributed by atoms with van der Waals surface area (Å²) < 4.78 is 42.5. The van der Waals surface area contributed by atoms with Crippen LogP contribution in [-0.2, 0) is 38.0 Å². The molecule has 7 aliphatic rings. The van der Waals surface area contributed by atoms with Gasteiger partial charge in [0.05, 0.1) is 37.4 Å². The van der Waals surface area contributed by atoms with Crippen molar-refractivity contribution in [2.24, 2.45) is 33.5 Å². The summed E-state index contributed by atoms with van der Waals surface area (Å²) in [7, 11) is 0. The molecule has 380 valence electrons. The minimum Gasteiger partial charge on any atom is -0.432 e. The Bertz CT molecular complexity index is 1710. The maximum absolute atomic E-state index is 14.3. The van der Waals surface area contributed by atoms with Gasteiger partial charge in [-0.3, -0.25) is 4.79 Å². The summed E-state index contributed by atoms with van der Waals surface area (Å²) in [5.41, 5.74) is -2.42. The zero-order valence-corrected chi connectivity index (χ0v) is 38.3. The van der Waals surface area contributed by atoms with E-state index in [0.29, 0.717) is 50.5 Å². The summed E-state index contributed by atoms with van der Waals surface area (Å²) in [5.74, 6) is -0.861. The lowest BCUT2D eigenvalue weighted by Gasteiger charge is -2.67. The number of carbonyl (C=O) groups is 1. The fourth-order valence-electron chi connectivity index (χ4n) is 13.5. The van der Waals surface area contributed by atoms with Crippen LogP contribution in [0.4, 0.5) is 0 Å². The molecule has 7 rings (SSSR count). The highest BCUT2D eigenvalue weighted by atomic mass is 16.8. The third-order valence-electron chi connectivity index (χ3n) is 17.2. The van der Waals surface area contributed by atoms with E-state index in [1.807, 2.05) is 13.8 Å². The van der Waals surface area contributed by atoms with Crippen molar-refractivity contribution in [1.29, 1.82) is 0 Å². The summed E-state index contributed by atoms with van der Waals surface area (Å²) >= 11 is 0. The first-order valence-corrected chi connectivity index (χ1v) is 23.4. The van der Waals surface area contributed by atoms with Gasteiger partial charge in [0.2, 0.25) is 6.29 Å². The van der Waals surface area contributed by atoms with E-state index in [4.69, 9.17) is 33.2 Å². The molecule has 21 nitrogen and oxygen atoms in total. The Kier molecular flexibility index (Phi) is 15.5. The first-order valence-electron chi connectivity index (χ1n) is 23.4. The van der Waals surface area contributed by atoms with Crippen LogP contribution >= 0.6 is 0 Å². The number of esters is 1. The fourth-order valence-corrected chi connectivity index (χ4v) is 13.5. The van der Waals surface area contributed by atoms with E-state index in [0.717, 1.165) is 6.42 Å². The molecule has 13 N–H and O–H groups in total. The minimum absolute atomic E-state index is 0.0137. The maximum Gasteiger partial charge on any atom is 0.314 e. The minimum atomic E-state index is -1.91. The van der Waals surface area contributed by atoms with Gasteiger partial charge in [-0.2, -0.15) is 0 Å². The number of fused-ring (bicyclic) bond motifs is 3. The van der Waals surface area contributed by atoms with E-state index in [-0.39, 0.29) is 11.8 Å². The molecule has 3 aliphatic carbocycles. The second kappa shape index (κ2) is 19.6. The molecule has 4 saturated heterocycles. The van der Waals surface area contributed by atoms with Crippen LogP contribution in [0.15, 0.2) is 12.2 Å². The van der Waals surface area contributed by atoms with E-state index in [2.05, 4.69) is 20.4 Å². The largest absolute Gasteiger partial charge is 0.432 e. The Balaban J connectivity index is 1.22. The van der Waals surface area contributed by atoms with Crippen molar-refractivity contribution in [3.8, 4) is 0 Å². The van der Waals surface area contributed by atoms with Crippen LogP contribution < -0.4 is 0 Å². The van der Waals surface area contributed by atoms with Crippen molar-refractivity contribution in [2.75, 3.05) is 19.8 Å². The molecule has 3 saturated carbocycles. The van der Waals surface area contributed by atoms with Crippen molar-refractivity contribution < 1.29 is 104 Å². The second-order valence-electron chi connectivity index (χ2n) is 21.2. The summed E-state index contributed by atoms with van der Waals surface area (Å²) in [6.45, 7) is 11.8. The number of carbonyl (C=O) groups excluding carboxylic acids is 1. The topological polar surface area (TPSA) is 345 Å². The molecule has 0 amide bonds. The lowest BCUT2D eigenvalue weighted by Crippen LogP contribution is -2.70. The van der Waals surface area contributed by atoms with Crippen LogP contribution in [0.25, 0.3) is 0 Å². The molecular formula is C45H74O21. The average Bonchev–Trinajstić information content (AvgIpc) is 3.28. The van der Waals surface area contributed by atoms with Gasteiger partial charge in [-0.05, 0) is 88.4 Å². The van der Waals surface area contributed by atoms with Crippen LogP contribution in [0.5, 0.6) is 0 Å². The number of aliphatic hydroxyl groups excluding tert-OH is 13. The van der Waals surface area contributed by atoms with E-state index >= 15 is 0 Å².